The highest BCUT2D eigenvalue weighted by molar-refractivity contribution is 5.91. The Balaban J connectivity index is 1.66. The molecule has 122 valence electrons. The monoisotopic (exact) mass is 317 g/mol. The normalized spacial score (nSPS) is 17.1. The number of ether oxygens (including phenoxy) is 2. The van der Waals surface area contributed by atoms with E-state index in [9.17, 15) is 4.79 Å². The van der Waals surface area contributed by atoms with Gasteiger partial charge >= 0.3 is 6.03 Å². The van der Waals surface area contributed by atoms with Crippen LogP contribution in [0.4, 0.5) is 10.5 Å². The van der Waals surface area contributed by atoms with Gasteiger partial charge in [-0.05, 0) is 18.6 Å². The van der Waals surface area contributed by atoms with Crippen LogP contribution >= 0.6 is 0 Å². The summed E-state index contributed by atoms with van der Waals surface area (Å²) in [7, 11) is 3.14. The van der Waals surface area contributed by atoms with Gasteiger partial charge in [0.1, 0.15) is 11.5 Å². The summed E-state index contributed by atoms with van der Waals surface area (Å²) in [4.78, 5) is 15.8. The molecule has 1 N–H and O–H groups in total. The molecule has 0 aliphatic carbocycles. The molecule has 0 spiro atoms. The Morgan fingerprint density at radius 1 is 1.26 bits per heavy atom. The van der Waals surface area contributed by atoms with Gasteiger partial charge in [0.15, 0.2) is 0 Å². The maximum atomic E-state index is 12.4. The van der Waals surface area contributed by atoms with Crippen LogP contribution in [0, 0.1) is 0 Å². The lowest BCUT2D eigenvalue weighted by atomic mass is 10.2. The van der Waals surface area contributed by atoms with Gasteiger partial charge in [0, 0.05) is 19.2 Å². The highest BCUT2D eigenvalue weighted by Gasteiger charge is 2.28. The van der Waals surface area contributed by atoms with Crippen LogP contribution in [0.1, 0.15) is 12.5 Å². The Morgan fingerprint density at radius 2 is 2.04 bits per heavy atom. The van der Waals surface area contributed by atoms with Crippen LogP contribution in [0.3, 0.4) is 0 Å². The Bertz CT molecular complexity index is 674. The molecule has 3 rings (SSSR count). The third kappa shape index (κ3) is 3.20. The van der Waals surface area contributed by atoms with Crippen molar-refractivity contribution in [2.75, 3.05) is 32.6 Å². The van der Waals surface area contributed by atoms with Crippen molar-refractivity contribution < 1.29 is 14.3 Å². The second kappa shape index (κ2) is 6.55. The van der Waals surface area contributed by atoms with E-state index in [2.05, 4.69) is 15.5 Å². The molecular weight excluding hydrogens is 298 g/mol. The number of benzene rings is 1. The fraction of sp³-hybridized carbons (Fsp3) is 0.400. The van der Waals surface area contributed by atoms with E-state index in [0.29, 0.717) is 30.3 Å². The summed E-state index contributed by atoms with van der Waals surface area (Å²) in [5.74, 6) is 1.23. The highest BCUT2D eigenvalue weighted by atomic mass is 16.5. The molecule has 1 aliphatic rings. The van der Waals surface area contributed by atoms with Crippen molar-refractivity contribution in [1.29, 1.82) is 0 Å². The van der Waals surface area contributed by atoms with Gasteiger partial charge in [-0.25, -0.2) is 4.79 Å². The number of carbonyl (C=O) groups excluding carboxylic acids is 1. The van der Waals surface area contributed by atoms with Crippen LogP contribution in [0.15, 0.2) is 30.6 Å². The van der Waals surface area contributed by atoms with E-state index in [4.69, 9.17) is 9.47 Å². The zero-order valence-corrected chi connectivity index (χ0v) is 13.1. The summed E-state index contributed by atoms with van der Waals surface area (Å²) in [5, 5.41) is 11.1. The minimum absolute atomic E-state index is 0.119. The van der Waals surface area contributed by atoms with Crippen molar-refractivity contribution in [3.63, 3.8) is 0 Å². The fourth-order valence-electron chi connectivity index (χ4n) is 2.63. The van der Waals surface area contributed by atoms with Crippen LogP contribution < -0.4 is 14.8 Å². The SMILES string of the molecule is COc1ccc(NC(=O)N2CCC(n3nccn3)C2)c(OC)c1. The van der Waals surface area contributed by atoms with Gasteiger partial charge in [-0.2, -0.15) is 15.0 Å². The van der Waals surface area contributed by atoms with E-state index in [1.165, 1.54) is 0 Å². The lowest BCUT2D eigenvalue weighted by Gasteiger charge is -2.18. The summed E-state index contributed by atoms with van der Waals surface area (Å²) in [6.07, 6.45) is 4.12. The van der Waals surface area contributed by atoms with E-state index in [1.54, 1.807) is 54.5 Å². The summed E-state index contributed by atoms with van der Waals surface area (Å²) >= 11 is 0. The molecular formula is C15H19N5O3. The molecule has 2 aromatic rings. The number of methoxy groups -OCH3 is 2. The maximum absolute atomic E-state index is 12.4. The van der Waals surface area contributed by atoms with Crippen molar-refractivity contribution in [2.24, 2.45) is 0 Å². The minimum atomic E-state index is -0.164. The van der Waals surface area contributed by atoms with Gasteiger partial charge in [0.25, 0.3) is 0 Å². The molecule has 23 heavy (non-hydrogen) atoms. The molecule has 1 saturated heterocycles. The van der Waals surface area contributed by atoms with Crippen molar-refractivity contribution >= 4 is 11.7 Å². The Labute approximate surface area is 134 Å². The second-order valence-corrected chi connectivity index (χ2v) is 5.23. The molecule has 0 bridgehead atoms. The lowest BCUT2D eigenvalue weighted by molar-refractivity contribution is 0.220. The average Bonchev–Trinajstić information content (AvgIpc) is 3.26. The van der Waals surface area contributed by atoms with Crippen LogP contribution in [0.2, 0.25) is 0 Å². The first-order chi connectivity index (χ1) is 11.2. The molecule has 1 atom stereocenters. The molecule has 0 saturated carbocycles. The molecule has 2 heterocycles. The third-order valence-electron chi connectivity index (χ3n) is 3.86. The number of anilines is 1. The molecule has 1 aliphatic heterocycles. The number of likely N-dealkylation sites (tertiary alicyclic amines) is 1. The fourth-order valence-corrected chi connectivity index (χ4v) is 2.63. The summed E-state index contributed by atoms with van der Waals surface area (Å²) in [6, 6.07) is 5.23. The molecule has 2 amide bonds. The zero-order valence-electron chi connectivity index (χ0n) is 13.1. The third-order valence-corrected chi connectivity index (χ3v) is 3.86. The highest BCUT2D eigenvalue weighted by Crippen LogP contribution is 2.30. The smallest absolute Gasteiger partial charge is 0.322 e. The predicted molar refractivity (Wildman–Crippen MR) is 83.8 cm³/mol. The minimum Gasteiger partial charge on any atom is -0.497 e. The molecule has 0 radical (unpaired) electrons. The van der Waals surface area contributed by atoms with E-state index in [0.717, 1.165) is 6.42 Å². The van der Waals surface area contributed by atoms with Crippen molar-refractivity contribution in [3.8, 4) is 11.5 Å². The van der Waals surface area contributed by atoms with Gasteiger partial charge in [-0.1, -0.05) is 0 Å². The summed E-state index contributed by atoms with van der Waals surface area (Å²) < 4.78 is 10.4. The molecule has 1 unspecified atom stereocenters. The number of nitrogens with one attached hydrogen (secondary N) is 1. The second-order valence-electron chi connectivity index (χ2n) is 5.23. The lowest BCUT2D eigenvalue weighted by Crippen LogP contribution is -2.33. The molecule has 1 aromatic carbocycles. The molecule has 8 nitrogen and oxygen atoms in total. The number of urea groups is 1. The summed E-state index contributed by atoms with van der Waals surface area (Å²) in [5.41, 5.74) is 0.610. The van der Waals surface area contributed by atoms with E-state index in [1.807, 2.05) is 0 Å². The van der Waals surface area contributed by atoms with Gasteiger partial charge in [0.2, 0.25) is 0 Å². The molecule has 1 aromatic heterocycles. The van der Waals surface area contributed by atoms with Gasteiger partial charge in [-0.15, -0.1) is 0 Å². The Morgan fingerprint density at radius 3 is 2.74 bits per heavy atom. The first kappa shape index (κ1) is 15.1. The quantitative estimate of drug-likeness (QED) is 0.929. The number of rotatable bonds is 4. The maximum Gasteiger partial charge on any atom is 0.322 e. The van der Waals surface area contributed by atoms with Crippen LogP contribution in [0.25, 0.3) is 0 Å². The predicted octanol–water partition coefficient (Wildman–Crippen LogP) is 1.77. The number of hydrogen-bond donors (Lipinski definition) is 1. The zero-order chi connectivity index (χ0) is 16.2. The van der Waals surface area contributed by atoms with E-state index < -0.39 is 0 Å². The first-order valence-electron chi connectivity index (χ1n) is 7.35. The largest absolute Gasteiger partial charge is 0.497 e. The van der Waals surface area contributed by atoms with Crippen molar-refractivity contribution in [3.05, 3.63) is 30.6 Å². The Hall–Kier alpha value is -2.77. The average molecular weight is 317 g/mol. The van der Waals surface area contributed by atoms with E-state index in [-0.39, 0.29) is 12.1 Å². The number of amides is 2. The van der Waals surface area contributed by atoms with E-state index >= 15 is 0 Å². The van der Waals surface area contributed by atoms with Crippen molar-refractivity contribution in [1.82, 2.24) is 19.9 Å². The number of carbonyl (C=O) groups is 1. The van der Waals surface area contributed by atoms with Crippen LogP contribution in [-0.4, -0.2) is 53.2 Å². The number of aromatic nitrogens is 3. The topological polar surface area (TPSA) is 81.5 Å². The number of hydrogen-bond acceptors (Lipinski definition) is 5. The number of nitrogens with zero attached hydrogens (tertiary/aromatic N) is 4. The van der Waals surface area contributed by atoms with Crippen LogP contribution in [0.5, 0.6) is 11.5 Å². The molecule has 1 fully saturated rings. The van der Waals surface area contributed by atoms with Gasteiger partial charge < -0.3 is 19.7 Å². The van der Waals surface area contributed by atoms with Crippen molar-refractivity contribution in [2.45, 2.75) is 12.5 Å². The standard InChI is InChI=1S/C15H19N5O3/c1-22-12-3-4-13(14(9-12)23-2)18-15(21)19-8-5-11(10-19)20-16-6-7-17-20/h3-4,6-7,9,11H,5,8,10H2,1-2H3,(H,18,21). The summed E-state index contributed by atoms with van der Waals surface area (Å²) in [6.45, 7) is 1.25. The Kier molecular flexibility index (Phi) is 4.31. The molecule has 8 heteroatoms. The van der Waals surface area contributed by atoms with Gasteiger partial charge in [-0.3, -0.25) is 0 Å². The first-order valence-corrected chi connectivity index (χ1v) is 7.35. The van der Waals surface area contributed by atoms with Crippen LogP contribution in [-0.2, 0) is 0 Å². The van der Waals surface area contributed by atoms with Gasteiger partial charge in [0.05, 0.1) is 38.3 Å².